The maximum atomic E-state index is 14.5. The third-order valence-corrected chi connectivity index (χ3v) is 4.50. The van der Waals surface area contributed by atoms with Crippen molar-refractivity contribution in [3.05, 3.63) is 22.3 Å². The molecule has 0 spiro atoms. The number of nitrogens with zero attached hydrogens (tertiary/aromatic N) is 2. The lowest BCUT2D eigenvalue weighted by molar-refractivity contribution is 0.295. The normalized spacial score (nSPS) is 16.8. The molecule has 1 fully saturated rings. The fraction of sp³-hybridized carbons (Fsp3) is 0.500. The standard InChI is InChI=1S/C14H15BrF2N2O/c1-20-13-10(15)7-9-12(11(13)16)18-19(14(9)17)8-5-3-2-4-6-8/h7-8H,2-6H2,1H3. The Kier molecular flexibility index (Phi) is 3.67. The van der Waals surface area contributed by atoms with E-state index >= 15 is 0 Å². The van der Waals surface area contributed by atoms with Crippen molar-refractivity contribution in [1.29, 1.82) is 0 Å². The van der Waals surface area contributed by atoms with Crippen LogP contribution >= 0.6 is 15.9 Å². The SMILES string of the molecule is COc1c(Br)cc2c(F)n(C3CCCCC3)nc2c1F. The molecule has 20 heavy (non-hydrogen) atoms. The van der Waals surface area contributed by atoms with Gasteiger partial charge in [0.2, 0.25) is 5.95 Å². The number of methoxy groups -OCH3 is 1. The second-order valence-corrected chi connectivity index (χ2v) is 5.98. The molecule has 0 aliphatic heterocycles. The summed E-state index contributed by atoms with van der Waals surface area (Å²) >= 11 is 3.20. The highest BCUT2D eigenvalue weighted by Crippen LogP contribution is 2.37. The molecule has 108 valence electrons. The van der Waals surface area contributed by atoms with Gasteiger partial charge in [0.05, 0.1) is 23.0 Å². The topological polar surface area (TPSA) is 27.1 Å². The van der Waals surface area contributed by atoms with Crippen molar-refractivity contribution in [1.82, 2.24) is 9.78 Å². The van der Waals surface area contributed by atoms with Crippen LogP contribution in [0, 0.1) is 11.8 Å². The first-order valence-corrected chi connectivity index (χ1v) is 7.52. The van der Waals surface area contributed by atoms with Crippen LogP contribution in [0.15, 0.2) is 10.5 Å². The third kappa shape index (κ3) is 2.10. The van der Waals surface area contributed by atoms with E-state index in [1.807, 2.05) is 0 Å². The molecule has 0 radical (unpaired) electrons. The Bertz CT molecular complexity index is 650. The van der Waals surface area contributed by atoms with Crippen LogP contribution in [0.3, 0.4) is 0 Å². The summed E-state index contributed by atoms with van der Waals surface area (Å²) in [6.07, 6.45) is 5.09. The number of hydrogen-bond donors (Lipinski definition) is 0. The maximum Gasteiger partial charge on any atom is 0.219 e. The number of benzene rings is 1. The lowest BCUT2D eigenvalue weighted by Gasteiger charge is -2.21. The summed E-state index contributed by atoms with van der Waals surface area (Å²) in [5.41, 5.74) is 0.0353. The second kappa shape index (κ2) is 5.31. The van der Waals surface area contributed by atoms with Gasteiger partial charge in [-0.25, -0.2) is 9.07 Å². The van der Waals surface area contributed by atoms with E-state index in [-0.39, 0.29) is 22.7 Å². The van der Waals surface area contributed by atoms with Crippen molar-refractivity contribution >= 4 is 26.8 Å². The third-order valence-electron chi connectivity index (χ3n) is 3.91. The number of rotatable bonds is 2. The molecule has 0 bridgehead atoms. The highest BCUT2D eigenvalue weighted by Gasteiger charge is 2.25. The average Bonchev–Trinajstić information content (AvgIpc) is 2.78. The van der Waals surface area contributed by atoms with E-state index in [1.165, 1.54) is 24.3 Å². The minimum absolute atomic E-state index is 0.0281. The Labute approximate surface area is 124 Å². The Hall–Kier alpha value is -1.17. The summed E-state index contributed by atoms with van der Waals surface area (Å²) in [5.74, 6) is -1.02. The second-order valence-electron chi connectivity index (χ2n) is 5.13. The molecule has 3 rings (SSSR count). The smallest absolute Gasteiger partial charge is 0.219 e. The van der Waals surface area contributed by atoms with E-state index < -0.39 is 11.8 Å². The minimum atomic E-state index is -0.620. The van der Waals surface area contributed by atoms with Gasteiger partial charge in [0, 0.05) is 0 Å². The molecule has 1 heterocycles. The molecule has 3 nitrogen and oxygen atoms in total. The molecule has 0 atom stereocenters. The van der Waals surface area contributed by atoms with Gasteiger partial charge in [-0.2, -0.15) is 9.49 Å². The molecule has 0 saturated heterocycles. The number of ether oxygens (including phenoxy) is 1. The van der Waals surface area contributed by atoms with Crippen molar-refractivity contribution in [2.24, 2.45) is 0 Å². The summed E-state index contributed by atoms with van der Waals surface area (Å²) < 4.78 is 35.5. The van der Waals surface area contributed by atoms with E-state index in [9.17, 15) is 8.78 Å². The molecule has 0 N–H and O–H groups in total. The number of aromatic nitrogens is 2. The first kappa shape index (κ1) is 13.8. The van der Waals surface area contributed by atoms with Crippen molar-refractivity contribution < 1.29 is 13.5 Å². The molecule has 0 unspecified atom stereocenters. The molecule has 1 aromatic heterocycles. The summed E-state index contributed by atoms with van der Waals surface area (Å²) in [4.78, 5) is 0. The Morgan fingerprint density at radius 1 is 1.30 bits per heavy atom. The van der Waals surface area contributed by atoms with Crippen LogP contribution in [0.1, 0.15) is 38.1 Å². The van der Waals surface area contributed by atoms with E-state index in [2.05, 4.69) is 21.0 Å². The van der Waals surface area contributed by atoms with Crippen molar-refractivity contribution in [3.8, 4) is 5.75 Å². The van der Waals surface area contributed by atoms with Crippen LogP contribution in [0.25, 0.3) is 10.9 Å². The van der Waals surface area contributed by atoms with Crippen LogP contribution < -0.4 is 4.74 Å². The molecule has 1 saturated carbocycles. The van der Waals surface area contributed by atoms with Gasteiger partial charge in [0.1, 0.15) is 5.52 Å². The fourth-order valence-electron chi connectivity index (χ4n) is 2.88. The first-order chi connectivity index (χ1) is 9.63. The van der Waals surface area contributed by atoms with Crippen LogP contribution in [-0.2, 0) is 0 Å². The van der Waals surface area contributed by atoms with E-state index in [1.54, 1.807) is 0 Å². The monoisotopic (exact) mass is 344 g/mol. The largest absolute Gasteiger partial charge is 0.492 e. The minimum Gasteiger partial charge on any atom is -0.492 e. The predicted octanol–water partition coefficient (Wildman–Crippen LogP) is 4.59. The van der Waals surface area contributed by atoms with Crippen molar-refractivity contribution in [2.45, 2.75) is 38.1 Å². The summed E-state index contributed by atoms with van der Waals surface area (Å²) in [5, 5.41) is 4.35. The van der Waals surface area contributed by atoms with Gasteiger partial charge in [-0.1, -0.05) is 19.3 Å². The first-order valence-electron chi connectivity index (χ1n) is 6.73. The van der Waals surface area contributed by atoms with E-state index in [0.717, 1.165) is 25.7 Å². The lowest BCUT2D eigenvalue weighted by Crippen LogP contribution is -2.15. The zero-order chi connectivity index (χ0) is 14.3. The number of halogens is 3. The van der Waals surface area contributed by atoms with Crippen LogP contribution in [0.5, 0.6) is 5.75 Å². The molecular formula is C14H15BrF2N2O. The summed E-state index contributed by atoms with van der Waals surface area (Å²) in [7, 11) is 1.38. The number of fused-ring (bicyclic) bond motifs is 1. The van der Waals surface area contributed by atoms with E-state index in [0.29, 0.717) is 4.47 Å². The zero-order valence-corrected chi connectivity index (χ0v) is 12.7. The van der Waals surface area contributed by atoms with Crippen molar-refractivity contribution in [3.63, 3.8) is 0 Å². The van der Waals surface area contributed by atoms with Gasteiger partial charge < -0.3 is 4.74 Å². The Morgan fingerprint density at radius 3 is 2.65 bits per heavy atom. The molecule has 0 amide bonds. The molecule has 1 aromatic carbocycles. The summed E-state index contributed by atoms with van der Waals surface area (Å²) in [6.45, 7) is 0. The van der Waals surface area contributed by atoms with Gasteiger partial charge in [-0.15, -0.1) is 0 Å². The molecular weight excluding hydrogens is 330 g/mol. The van der Waals surface area contributed by atoms with Gasteiger partial charge in [0.25, 0.3) is 0 Å². The fourth-order valence-corrected chi connectivity index (χ4v) is 3.44. The van der Waals surface area contributed by atoms with Crippen molar-refractivity contribution in [2.75, 3.05) is 7.11 Å². The molecule has 2 aromatic rings. The van der Waals surface area contributed by atoms with Crippen LogP contribution in [0.4, 0.5) is 8.78 Å². The lowest BCUT2D eigenvalue weighted by atomic mass is 9.96. The predicted molar refractivity (Wildman–Crippen MR) is 76.0 cm³/mol. The highest BCUT2D eigenvalue weighted by atomic mass is 79.9. The maximum absolute atomic E-state index is 14.5. The Balaban J connectivity index is 2.16. The van der Waals surface area contributed by atoms with Crippen LogP contribution in [0.2, 0.25) is 0 Å². The molecule has 6 heteroatoms. The average molecular weight is 345 g/mol. The highest BCUT2D eigenvalue weighted by molar-refractivity contribution is 9.10. The van der Waals surface area contributed by atoms with Gasteiger partial charge in [-0.3, -0.25) is 0 Å². The zero-order valence-electron chi connectivity index (χ0n) is 11.1. The molecule has 1 aliphatic rings. The van der Waals surface area contributed by atoms with Crippen LogP contribution in [-0.4, -0.2) is 16.9 Å². The molecule has 1 aliphatic carbocycles. The quantitative estimate of drug-likeness (QED) is 0.796. The Morgan fingerprint density at radius 2 is 2.00 bits per heavy atom. The summed E-state index contributed by atoms with van der Waals surface area (Å²) in [6, 6.07) is 1.55. The van der Waals surface area contributed by atoms with Gasteiger partial charge in [-0.05, 0) is 34.8 Å². The van der Waals surface area contributed by atoms with E-state index in [4.69, 9.17) is 4.74 Å². The van der Waals surface area contributed by atoms with Gasteiger partial charge in [0.15, 0.2) is 11.6 Å². The number of hydrogen-bond acceptors (Lipinski definition) is 2. The van der Waals surface area contributed by atoms with Gasteiger partial charge >= 0.3 is 0 Å².